The Balaban J connectivity index is 2.42. The number of benzene rings is 1. The van der Waals surface area contributed by atoms with Gasteiger partial charge in [-0.15, -0.1) is 0 Å². The van der Waals surface area contributed by atoms with Gasteiger partial charge in [0.15, 0.2) is 0 Å². The van der Waals surface area contributed by atoms with E-state index in [1.807, 2.05) is 0 Å². The average Bonchev–Trinajstić information content (AvgIpc) is 2.29. The summed E-state index contributed by atoms with van der Waals surface area (Å²) < 4.78 is 18.6. The third-order valence-electron chi connectivity index (χ3n) is 3.07. The van der Waals surface area contributed by atoms with Crippen molar-refractivity contribution < 1.29 is 23.5 Å². The van der Waals surface area contributed by atoms with Crippen molar-refractivity contribution in [1.82, 2.24) is 5.32 Å². The van der Waals surface area contributed by atoms with Crippen LogP contribution in [0.5, 0.6) is 5.75 Å². The van der Waals surface area contributed by atoms with E-state index in [9.17, 15) is 18.8 Å². The van der Waals surface area contributed by atoms with Gasteiger partial charge in [-0.3, -0.25) is 9.59 Å². The highest BCUT2D eigenvalue weighted by Gasteiger charge is 2.38. The highest BCUT2D eigenvalue weighted by Crippen LogP contribution is 2.32. The van der Waals surface area contributed by atoms with Gasteiger partial charge in [0, 0.05) is 12.0 Å². The molecule has 20 heavy (non-hydrogen) atoms. The Bertz CT molecular complexity index is 584. The number of Topliss-reactive ketones (excluding diaryl/α,β-unsaturated/α-hetero) is 1. The van der Waals surface area contributed by atoms with Gasteiger partial charge in [-0.2, -0.15) is 0 Å². The summed E-state index contributed by atoms with van der Waals surface area (Å²) in [4.78, 5) is 33.7. The van der Waals surface area contributed by atoms with E-state index in [1.54, 1.807) is 0 Å². The number of nitrogens with one attached hydrogen (secondary N) is 1. The molecule has 6 nitrogen and oxygen atoms in total. The molecule has 1 saturated heterocycles. The van der Waals surface area contributed by atoms with Crippen molar-refractivity contribution in [1.29, 1.82) is 0 Å². The van der Waals surface area contributed by atoms with Gasteiger partial charge in [0.05, 0.1) is 12.0 Å². The second-order valence-electron chi connectivity index (χ2n) is 4.84. The van der Waals surface area contributed by atoms with Crippen LogP contribution in [-0.2, 0) is 15.1 Å². The van der Waals surface area contributed by atoms with Crippen LogP contribution in [0.15, 0.2) is 18.2 Å². The lowest BCUT2D eigenvalue weighted by Gasteiger charge is -2.34. The maximum atomic E-state index is 14.0. The molecular weight excluding hydrogens is 267 g/mol. The molecule has 0 radical (unpaired) electrons. The standard InChI is InChI=1S/C13H13FN2O4/c1-13(6-7(17)4-11(18)16-13)9-5-8(20-12(15)19)2-3-10(9)14/h2-3,5H,4,6H2,1H3,(H2,15,19)(H,16,18). The molecule has 1 unspecified atom stereocenters. The van der Waals surface area contributed by atoms with Crippen LogP contribution in [0.3, 0.4) is 0 Å². The fourth-order valence-corrected chi connectivity index (χ4v) is 2.30. The molecule has 3 N–H and O–H groups in total. The Hall–Kier alpha value is -2.44. The largest absolute Gasteiger partial charge is 0.410 e. The summed E-state index contributed by atoms with van der Waals surface area (Å²) in [6.45, 7) is 1.54. The molecule has 7 heteroatoms. The number of hydrogen-bond acceptors (Lipinski definition) is 4. The molecule has 0 saturated carbocycles. The van der Waals surface area contributed by atoms with Crippen LogP contribution in [0.1, 0.15) is 25.3 Å². The van der Waals surface area contributed by atoms with Crippen LogP contribution in [0.25, 0.3) is 0 Å². The first-order valence-corrected chi connectivity index (χ1v) is 5.90. The Morgan fingerprint density at radius 3 is 2.75 bits per heavy atom. The first-order valence-electron chi connectivity index (χ1n) is 5.90. The zero-order valence-corrected chi connectivity index (χ0v) is 10.7. The topological polar surface area (TPSA) is 98.5 Å². The smallest absolute Gasteiger partial charge is 0.409 e. The summed E-state index contributed by atoms with van der Waals surface area (Å²) in [6.07, 6.45) is -1.28. The minimum Gasteiger partial charge on any atom is -0.410 e. The zero-order valence-electron chi connectivity index (χ0n) is 10.7. The summed E-state index contributed by atoms with van der Waals surface area (Å²) >= 11 is 0. The number of ketones is 1. The summed E-state index contributed by atoms with van der Waals surface area (Å²) in [5.74, 6) is -1.32. The van der Waals surface area contributed by atoms with Crippen molar-refractivity contribution in [2.24, 2.45) is 5.73 Å². The molecule has 106 valence electrons. The first-order chi connectivity index (χ1) is 9.30. The molecule has 0 aromatic heterocycles. The number of carbonyl (C=O) groups excluding carboxylic acids is 3. The number of hydrogen-bond donors (Lipinski definition) is 2. The van der Waals surface area contributed by atoms with E-state index in [0.717, 1.165) is 6.07 Å². The average molecular weight is 280 g/mol. The van der Waals surface area contributed by atoms with E-state index < -0.39 is 23.4 Å². The number of nitrogens with two attached hydrogens (primary N) is 1. The van der Waals surface area contributed by atoms with Crippen LogP contribution in [0, 0.1) is 5.82 Å². The van der Waals surface area contributed by atoms with Crippen LogP contribution in [0.4, 0.5) is 9.18 Å². The summed E-state index contributed by atoms with van der Waals surface area (Å²) in [5, 5.41) is 2.59. The van der Waals surface area contributed by atoms with Crippen molar-refractivity contribution >= 4 is 17.8 Å². The SMILES string of the molecule is CC1(c2cc(OC(N)=O)ccc2F)CC(=O)CC(=O)N1. The molecule has 2 amide bonds. The number of halogens is 1. The molecule has 1 heterocycles. The van der Waals surface area contributed by atoms with Gasteiger partial charge in [0.1, 0.15) is 17.3 Å². The molecular formula is C13H13FN2O4. The van der Waals surface area contributed by atoms with Gasteiger partial charge in [0.2, 0.25) is 5.91 Å². The lowest BCUT2D eigenvalue weighted by atomic mass is 9.83. The molecule has 0 bridgehead atoms. The van der Waals surface area contributed by atoms with Crippen LogP contribution >= 0.6 is 0 Å². The molecule has 1 aromatic carbocycles. The van der Waals surface area contributed by atoms with Gasteiger partial charge in [-0.1, -0.05) is 0 Å². The molecule has 1 aliphatic heterocycles. The quantitative estimate of drug-likeness (QED) is 0.789. The van der Waals surface area contributed by atoms with E-state index in [2.05, 4.69) is 10.1 Å². The summed E-state index contributed by atoms with van der Waals surface area (Å²) in [5.41, 5.74) is 3.78. The van der Waals surface area contributed by atoms with Crippen molar-refractivity contribution in [3.05, 3.63) is 29.6 Å². The predicted molar refractivity (Wildman–Crippen MR) is 66.3 cm³/mol. The van der Waals surface area contributed by atoms with Gasteiger partial charge in [-0.05, 0) is 25.1 Å². The third-order valence-corrected chi connectivity index (χ3v) is 3.07. The van der Waals surface area contributed by atoms with Crippen molar-refractivity contribution in [3.8, 4) is 5.75 Å². The van der Waals surface area contributed by atoms with Gasteiger partial charge < -0.3 is 15.8 Å². The molecule has 1 aliphatic rings. The molecule has 1 atom stereocenters. The number of rotatable bonds is 2. The highest BCUT2D eigenvalue weighted by atomic mass is 19.1. The van der Waals surface area contributed by atoms with E-state index in [-0.39, 0.29) is 29.9 Å². The third kappa shape index (κ3) is 2.76. The summed E-state index contributed by atoms with van der Waals surface area (Å²) in [7, 11) is 0. The number of amides is 2. The normalized spacial score (nSPS) is 22.3. The van der Waals surface area contributed by atoms with Crippen LogP contribution in [0.2, 0.25) is 0 Å². The molecule has 1 fully saturated rings. The van der Waals surface area contributed by atoms with E-state index in [1.165, 1.54) is 19.1 Å². The van der Waals surface area contributed by atoms with Crippen LogP contribution in [-0.4, -0.2) is 17.8 Å². The van der Waals surface area contributed by atoms with E-state index in [4.69, 9.17) is 5.73 Å². The maximum Gasteiger partial charge on any atom is 0.409 e. The Morgan fingerprint density at radius 1 is 1.45 bits per heavy atom. The van der Waals surface area contributed by atoms with E-state index >= 15 is 0 Å². The lowest BCUT2D eigenvalue weighted by Crippen LogP contribution is -2.50. The molecule has 0 spiro atoms. The van der Waals surface area contributed by atoms with Crippen molar-refractivity contribution in [2.45, 2.75) is 25.3 Å². The number of piperidine rings is 1. The molecule has 1 aromatic rings. The first kappa shape index (κ1) is 14.0. The fourth-order valence-electron chi connectivity index (χ4n) is 2.30. The minimum absolute atomic E-state index is 0.0321. The Labute approximate surface area is 114 Å². The van der Waals surface area contributed by atoms with Crippen molar-refractivity contribution in [3.63, 3.8) is 0 Å². The Kier molecular flexibility index (Phi) is 3.44. The summed E-state index contributed by atoms with van der Waals surface area (Å²) in [6, 6.07) is 3.57. The molecule has 2 rings (SSSR count). The zero-order chi connectivity index (χ0) is 14.9. The predicted octanol–water partition coefficient (Wildman–Crippen LogP) is 0.978. The molecule has 0 aliphatic carbocycles. The monoisotopic (exact) mass is 280 g/mol. The van der Waals surface area contributed by atoms with E-state index in [0.29, 0.717) is 0 Å². The number of ether oxygens (including phenoxy) is 1. The number of primary amides is 1. The van der Waals surface area contributed by atoms with Gasteiger partial charge >= 0.3 is 6.09 Å². The second-order valence-corrected chi connectivity index (χ2v) is 4.84. The number of carbonyl (C=O) groups is 3. The maximum absolute atomic E-state index is 14.0. The van der Waals surface area contributed by atoms with Crippen LogP contribution < -0.4 is 15.8 Å². The lowest BCUT2D eigenvalue weighted by molar-refractivity contribution is -0.134. The van der Waals surface area contributed by atoms with Gasteiger partial charge in [-0.25, -0.2) is 9.18 Å². The van der Waals surface area contributed by atoms with Gasteiger partial charge in [0.25, 0.3) is 0 Å². The highest BCUT2D eigenvalue weighted by molar-refractivity contribution is 6.01. The second kappa shape index (κ2) is 4.92. The van der Waals surface area contributed by atoms with Crippen molar-refractivity contribution in [2.75, 3.05) is 0 Å². The Morgan fingerprint density at radius 2 is 2.15 bits per heavy atom. The minimum atomic E-state index is -1.17. The fraction of sp³-hybridized carbons (Fsp3) is 0.308.